The fourth-order valence-electron chi connectivity index (χ4n) is 3.16. The summed E-state index contributed by atoms with van der Waals surface area (Å²) in [4.78, 5) is 0. The van der Waals surface area contributed by atoms with Crippen molar-refractivity contribution in [2.24, 2.45) is 5.92 Å². The SMILES string of the molecule is CC(C)CC1(c2c(Cl)cnn2C(C)C)CCCN1. The summed E-state index contributed by atoms with van der Waals surface area (Å²) in [5.41, 5.74) is 1.21. The van der Waals surface area contributed by atoms with Crippen molar-refractivity contribution in [3.05, 3.63) is 16.9 Å². The fourth-order valence-corrected chi connectivity index (χ4v) is 3.47. The highest BCUT2D eigenvalue weighted by molar-refractivity contribution is 6.31. The number of nitrogens with zero attached hydrogens (tertiary/aromatic N) is 2. The molecule has 0 bridgehead atoms. The van der Waals surface area contributed by atoms with Gasteiger partial charge in [0.2, 0.25) is 0 Å². The molecule has 1 N–H and O–H groups in total. The molecule has 0 radical (unpaired) electrons. The smallest absolute Gasteiger partial charge is 0.0837 e. The predicted octanol–water partition coefficient (Wildman–Crippen LogP) is 3.74. The zero-order chi connectivity index (χ0) is 13.3. The van der Waals surface area contributed by atoms with E-state index in [1.807, 2.05) is 0 Å². The molecule has 4 heteroatoms. The van der Waals surface area contributed by atoms with Crippen molar-refractivity contribution in [3.8, 4) is 0 Å². The standard InChI is InChI=1S/C14H24ClN3/c1-10(2)8-14(6-5-7-16-14)13-12(15)9-17-18(13)11(3)4/h9-11,16H,5-8H2,1-4H3. The van der Waals surface area contributed by atoms with Gasteiger partial charge in [0.15, 0.2) is 0 Å². The summed E-state index contributed by atoms with van der Waals surface area (Å²) in [5, 5.41) is 8.96. The molecule has 1 aliphatic rings. The Morgan fingerprint density at radius 3 is 2.67 bits per heavy atom. The van der Waals surface area contributed by atoms with Gasteiger partial charge in [-0.1, -0.05) is 25.4 Å². The third kappa shape index (κ3) is 2.43. The number of hydrogen-bond donors (Lipinski definition) is 1. The van der Waals surface area contributed by atoms with Crippen molar-refractivity contribution in [3.63, 3.8) is 0 Å². The molecule has 0 saturated carbocycles. The molecule has 2 heterocycles. The quantitative estimate of drug-likeness (QED) is 0.902. The lowest BCUT2D eigenvalue weighted by molar-refractivity contribution is 0.281. The minimum absolute atomic E-state index is 0.0199. The molecule has 1 fully saturated rings. The molecule has 1 aromatic rings. The molecule has 0 aliphatic carbocycles. The minimum Gasteiger partial charge on any atom is -0.306 e. The van der Waals surface area contributed by atoms with Crippen LogP contribution in [-0.4, -0.2) is 16.3 Å². The summed E-state index contributed by atoms with van der Waals surface area (Å²) in [6.07, 6.45) is 5.28. The Bertz CT molecular complexity index is 403. The number of aromatic nitrogens is 2. The monoisotopic (exact) mass is 269 g/mol. The molecular formula is C14H24ClN3. The Labute approximate surface area is 115 Å². The number of halogens is 1. The Balaban J connectivity index is 2.45. The van der Waals surface area contributed by atoms with Crippen LogP contribution in [0.15, 0.2) is 6.20 Å². The first-order valence-electron chi connectivity index (χ1n) is 6.95. The molecule has 0 aromatic carbocycles. The maximum atomic E-state index is 6.42. The van der Waals surface area contributed by atoms with Gasteiger partial charge in [0.05, 0.1) is 22.5 Å². The summed E-state index contributed by atoms with van der Waals surface area (Å²) >= 11 is 6.42. The van der Waals surface area contributed by atoms with Gasteiger partial charge in [-0.15, -0.1) is 0 Å². The van der Waals surface area contributed by atoms with Crippen molar-refractivity contribution < 1.29 is 0 Å². The van der Waals surface area contributed by atoms with Gasteiger partial charge in [0.25, 0.3) is 0 Å². The van der Waals surface area contributed by atoms with Crippen molar-refractivity contribution >= 4 is 11.6 Å². The zero-order valence-corrected chi connectivity index (χ0v) is 12.6. The van der Waals surface area contributed by atoms with Gasteiger partial charge >= 0.3 is 0 Å². The molecule has 0 spiro atoms. The largest absolute Gasteiger partial charge is 0.306 e. The van der Waals surface area contributed by atoms with Crippen LogP contribution in [0.3, 0.4) is 0 Å². The molecule has 102 valence electrons. The van der Waals surface area contributed by atoms with E-state index in [-0.39, 0.29) is 5.54 Å². The Kier molecular flexibility index (Phi) is 4.02. The van der Waals surface area contributed by atoms with Crippen LogP contribution < -0.4 is 5.32 Å². The molecule has 18 heavy (non-hydrogen) atoms. The van der Waals surface area contributed by atoms with Crippen LogP contribution in [0.5, 0.6) is 0 Å². The summed E-state index contributed by atoms with van der Waals surface area (Å²) < 4.78 is 2.09. The van der Waals surface area contributed by atoms with Gasteiger partial charge in [0.1, 0.15) is 0 Å². The topological polar surface area (TPSA) is 29.9 Å². The van der Waals surface area contributed by atoms with Crippen LogP contribution in [0.1, 0.15) is 58.7 Å². The molecular weight excluding hydrogens is 246 g/mol. The van der Waals surface area contributed by atoms with Crippen molar-refractivity contribution in [2.75, 3.05) is 6.54 Å². The highest BCUT2D eigenvalue weighted by Crippen LogP contribution is 2.40. The Morgan fingerprint density at radius 2 is 2.17 bits per heavy atom. The fraction of sp³-hybridized carbons (Fsp3) is 0.786. The van der Waals surface area contributed by atoms with Gasteiger partial charge in [-0.25, -0.2) is 0 Å². The van der Waals surface area contributed by atoms with Crippen molar-refractivity contribution in [1.82, 2.24) is 15.1 Å². The van der Waals surface area contributed by atoms with E-state index in [0.29, 0.717) is 12.0 Å². The average Bonchev–Trinajstić information content (AvgIpc) is 2.84. The molecule has 1 unspecified atom stereocenters. The van der Waals surface area contributed by atoms with Gasteiger partial charge in [-0.05, 0) is 45.6 Å². The van der Waals surface area contributed by atoms with E-state index in [1.165, 1.54) is 12.1 Å². The number of nitrogens with one attached hydrogen (secondary N) is 1. The van der Waals surface area contributed by atoms with E-state index < -0.39 is 0 Å². The highest BCUT2D eigenvalue weighted by Gasteiger charge is 2.40. The predicted molar refractivity (Wildman–Crippen MR) is 76.0 cm³/mol. The Hall–Kier alpha value is -0.540. The molecule has 3 nitrogen and oxygen atoms in total. The third-order valence-corrected chi connectivity index (χ3v) is 3.97. The van der Waals surface area contributed by atoms with E-state index in [9.17, 15) is 0 Å². The zero-order valence-electron chi connectivity index (χ0n) is 11.8. The number of rotatable bonds is 4. The first kappa shape index (κ1) is 13.9. The first-order valence-corrected chi connectivity index (χ1v) is 7.32. The molecule has 1 atom stereocenters. The molecule has 1 aromatic heterocycles. The van der Waals surface area contributed by atoms with Crippen molar-refractivity contribution in [1.29, 1.82) is 0 Å². The van der Waals surface area contributed by atoms with Gasteiger partial charge in [-0.3, -0.25) is 4.68 Å². The second-order valence-electron chi connectivity index (χ2n) is 6.09. The molecule has 0 amide bonds. The van der Waals surface area contributed by atoms with Crippen LogP contribution in [0.25, 0.3) is 0 Å². The minimum atomic E-state index is 0.0199. The van der Waals surface area contributed by atoms with Crippen LogP contribution in [0, 0.1) is 5.92 Å². The lowest BCUT2D eigenvalue weighted by Crippen LogP contribution is -2.40. The van der Waals surface area contributed by atoms with E-state index in [0.717, 1.165) is 24.4 Å². The van der Waals surface area contributed by atoms with Gasteiger partial charge in [0, 0.05) is 6.04 Å². The maximum Gasteiger partial charge on any atom is 0.0837 e. The van der Waals surface area contributed by atoms with Crippen LogP contribution in [0.4, 0.5) is 0 Å². The van der Waals surface area contributed by atoms with Crippen LogP contribution in [0.2, 0.25) is 5.02 Å². The first-order chi connectivity index (χ1) is 8.46. The summed E-state index contributed by atoms with van der Waals surface area (Å²) in [6, 6.07) is 0.346. The summed E-state index contributed by atoms with van der Waals surface area (Å²) in [5.74, 6) is 0.641. The lowest BCUT2D eigenvalue weighted by Gasteiger charge is -2.33. The van der Waals surface area contributed by atoms with Crippen LogP contribution >= 0.6 is 11.6 Å². The second-order valence-corrected chi connectivity index (χ2v) is 6.50. The van der Waals surface area contributed by atoms with E-state index in [1.54, 1.807) is 6.20 Å². The average molecular weight is 270 g/mol. The Morgan fingerprint density at radius 1 is 1.44 bits per heavy atom. The van der Waals surface area contributed by atoms with E-state index in [4.69, 9.17) is 11.6 Å². The molecule has 1 saturated heterocycles. The molecule has 1 aliphatic heterocycles. The van der Waals surface area contributed by atoms with E-state index >= 15 is 0 Å². The third-order valence-electron chi connectivity index (χ3n) is 3.69. The normalized spacial score (nSPS) is 24.4. The van der Waals surface area contributed by atoms with Gasteiger partial charge in [-0.2, -0.15) is 5.10 Å². The van der Waals surface area contributed by atoms with Crippen molar-refractivity contribution in [2.45, 2.75) is 58.5 Å². The summed E-state index contributed by atoms with van der Waals surface area (Å²) in [6.45, 7) is 9.93. The second kappa shape index (κ2) is 5.22. The van der Waals surface area contributed by atoms with E-state index in [2.05, 4.69) is 42.8 Å². The molecule has 2 rings (SSSR count). The maximum absolute atomic E-state index is 6.42. The highest BCUT2D eigenvalue weighted by atomic mass is 35.5. The summed E-state index contributed by atoms with van der Waals surface area (Å²) in [7, 11) is 0. The number of hydrogen-bond acceptors (Lipinski definition) is 2. The van der Waals surface area contributed by atoms with Gasteiger partial charge < -0.3 is 5.32 Å². The van der Waals surface area contributed by atoms with Crippen LogP contribution in [-0.2, 0) is 5.54 Å². The lowest BCUT2D eigenvalue weighted by atomic mass is 9.84.